The molecule has 0 aliphatic heterocycles. The Morgan fingerprint density at radius 3 is 2.84 bits per heavy atom. The fourth-order valence-corrected chi connectivity index (χ4v) is 2.76. The molecule has 25 heavy (non-hydrogen) atoms. The third-order valence-corrected chi connectivity index (χ3v) is 4.31. The molecule has 2 heterocycles. The summed E-state index contributed by atoms with van der Waals surface area (Å²) in [5.41, 5.74) is 2.66. The van der Waals surface area contributed by atoms with Gasteiger partial charge in [0.1, 0.15) is 5.69 Å². The quantitative estimate of drug-likeness (QED) is 0.667. The molecule has 0 fully saturated rings. The van der Waals surface area contributed by atoms with Crippen molar-refractivity contribution in [3.8, 4) is 11.3 Å². The normalized spacial score (nSPS) is 12.1. The summed E-state index contributed by atoms with van der Waals surface area (Å²) >= 11 is 1.68. The van der Waals surface area contributed by atoms with Crippen molar-refractivity contribution in [2.45, 2.75) is 19.4 Å². The Morgan fingerprint density at radius 2 is 2.16 bits per heavy atom. The molecule has 0 bridgehead atoms. The van der Waals surface area contributed by atoms with Crippen molar-refractivity contribution < 1.29 is 9.32 Å². The molecule has 1 atom stereocenters. The molecule has 2 aromatic heterocycles. The van der Waals surface area contributed by atoms with E-state index in [1.165, 1.54) is 0 Å². The second-order valence-corrected chi connectivity index (χ2v) is 6.51. The van der Waals surface area contributed by atoms with Gasteiger partial charge in [-0.05, 0) is 25.4 Å². The van der Waals surface area contributed by atoms with E-state index < -0.39 is 0 Å². The SMILES string of the molecule is CSCCC(NC(=O)c1cc(-c2ccc(C)cc2)no1)c1nn[nH]n1. The number of nitrogens with one attached hydrogen (secondary N) is 2. The maximum atomic E-state index is 12.5. The van der Waals surface area contributed by atoms with Gasteiger partial charge in [0.15, 0.2) is 5.82 Å². The molecule has 3 aromatic rings. The number of hydrogen-bond donors (Lipinski definition) is 2. The topological polar surface area (TPSA) is 110 Å². The van der Waals surface area contributed by atoms with Gasteiger partial charge in [-0.1, -0.05) is 40.2 Å². The summed E-state index contributed by atoms with van der Waals surface area (Å²) < 4.78 is 5.20. The second-order valence-electron chi connectivity index (χ2n) is 5.52. The minimum absolute atomic E-state index is 0.147. The van der Waals surface area contributed by atoms with E-state index in [0.717, 1.165) is 16.9 Å². The van der Waals surface area contributed by atoms with E-state index in [9.17, 15) is 4.79 Å². The van der Waals surface area contributed by atoms with Crippen LogP contribution in [0.4, 0.5) is 0 Å². The van der Waals surface area contributed by atoms with E-state index >= 15 is 0 Å². The van der Waals surface area contributed by atoms with Crippen LogP contribution < -0.4 is 5.32 Å². The van der Waals surface area contributed by atoms with E-state index in [0.29, 0.717) is 17.9 Å². The number of amides is 1. The Balaban J connectivity index is 1.72. The summed E-state index contributed by atoms with van der Waals surface area (Å²) in [6.07, 6.45) is 2.69. The predicted octanol–water partition coefficient (Wildman–Crippen LogP) is 2.39. The monoisotopic (exact) mass is 358 g/mol. The van der Waals surface area contributed by atoms with Crippen LogP contribution >= 0.6 is 11.8 Å². The van der Waals surface area contributed by atoms with Crippen molar-refractivity contribution in [3.63, 3.8) is 0 Å². The molecule has 8 nitrogen and oxygen atoms in total. The zero-order valence-electron chi connectivity index (χ0n) is 13.9. The predicted molar refractivity (Wildman–Crippen MR) is 94.1 cm³/mol. The third-order valence-electron chi connectivity index (χ3n) is 3.67. The Morgan fingerprint density at radius 1 is 1.36 bits per heavy atom. The van der Waals surface area contributed by atoms with Crippen LogP contribution in [0.5, 0.6) is 0 Å². The first kappa shape index (κ1) is 17.2. The summed E-state index contributed by atoms with van der Waals surface area (Å²) in [5.74, 6) is 1.08. The Hall–Kier alpha value is -2.68. The minimum atomic E-state index is -0.359. The Kier molecular flexibility index (Phi) is 5.44. The molecule has 0 aliphatic carbocycles. The lowest BCUT2D eigenvalue weighted by Gasteiger charge is -2.13. The zero-order chi connectivity index (χ0) is 17.6. The van der Waals surface area contributed by atoms with Gasteiger partial charge in [0.05, 0.1) is 6.04 Å². The first-order chi connectivity index (χ1) is 12.2. The second kappa shape index (κ2) is 7.93. The van der Waals surface area contributed by atoms with Crippen LogP contribution in [0.15, 0.2) is 34.9 Å². The minimum Gasteiger partial charge on any atom is -0.350 e. The number of aromatic amines is 1. The molecule has 130 valence electrons. The number of rotatable bonds is 7. The Labute approximate surface area is 148 Å². The third kappa shape index (κ3) is 4.24. The van der Waals surface area contributed by atoms with Crippen LogP contribution in [0.3, 0.4) is 0 Å². The molecule has 1 aromatic carbocycles. The summed E-state index contributed by atoms with van der Waals surface area (Å²) in [7, 11) is 0. The van der Waals surface area contributed by atoms with E-state index in [2.05, 4.69) is 31.1 Å². The highest BCUT2D eigenvalue weighted by molar-refractivity contribution is 7.98. The fourth-order valence-electron chi connectivity index (χ4n) is 2.29. The number of carbonyl (C=O) groups excluding carboxylic acids is 1. The van der Waals surface area contributed by atoms with Gasteiger partial charge in [-0.2, -0.15) is 17.0 Å². The fraction of sp³-hybridized carbons (Fsp3) is 0.312. The zero-order valence-corrected chi connectivity index (χ0v) is 14.7. The van der Waals surface area contributed by atoms with Crippen LogP contribution in [0.25, 0.3) is 11.3 Å². The number of thioether (sulfide) groups is 1. The maximum Gasteiger partial charge on any atom is 0.290 e. The summed E-state index contributed by atoms with van der Waals surface area (Å²) in [6, 6.07) is 9.13. The molecule has 1 unspecified atom stereocenters. The molecule has 2 N–H and O–H groups in total. The lowest BCUT2D eigenvalue weighted by molar-refractivity contribution is 0.0896. The van der Waals surface area contributed by atoms with E-state index in [-0.39, 0.29) is 17.7 Å². The molecule has 0 aliphatic rings. The van der Waals surface area contributed by atoms with Gasteiger partial charge in [-0.3, -0.25) is 4.79 Å². The number of tetrazole rings is 1. The molecule has 3 rings (SSSR count). The largest absolute Gasteiger partial charge is 0.350 e. The smallest absolute Gasteiger partial charge is 0.290 e. The summed E-state index contributed by atoms with van der Waals surface area (Å²) in [4.78, 5) is 12.5. The Bertz CT molecular complexity index is 816. The van der Waals surface area contributed by atoms with Crippen molar-refractivity contribution in [2.24, 2.45) is 0 Å². The molecule has 0 radical (unpaired) electrons. The molecule has 0 saturated carbocycles. The van der Waals surface area contributed by atoms with Crippen molar-refractivity contribution in [1.29, 1.82) is 0 Å². The number of H-pyrrole nitrogens is 1. The van der Waals surface area contributed by atoms with E-state index in [1.54, 1.807) is 17.8 Å². The van der Waals surface area contributed by atoms with Crippen LogP contribution in [0, 0.1) is 6.92 Å². The van der Waals surface area contributed by atoms with Gasteiger partial charge < -0.3 is 9.84 Å². The number of carbonyl (C=O) groups is 1. The van der Waals surface area contributed by atoms with Crippen molar-refractivity contribution in [2.75, 3.05) is 12.0 Å². The average Bonchev–Trinajstić information content (AvgIpc) is 3.30. The molecular weight excluding hydrogens is 340 g/mol. The standard InChI is InChI=1S/C16H18N6O2S/c1-10-3-5-11(6-4-10)13-9-14(24-20-13)16(23)17-12(7-8-25-2)15-18-21-22-19-15/h3-6,9,12H,7-8H2,1-2H3,(H,17,23)(H,18,19,21,22). The molecule has 0 saturated heterocycles. The first-order valence-corrected chi connectivity index (χ1v) is 9.13. The summed E-state index contributed by atoms with van der Waals surface area (Å²) in [6.45, 7) is 2.01. The molecule has 1 amide bonds. The number of nitrogens with zero attached hydrogens (tertiary/aromatic N) is 4. The van der Waals surface area contributed by atoms with Gasteiger partial charge in [0.25, 0.3) is 5.91 Å². The van der Waals surface area contributed by atoms with Gasteiger partial charge in [-0.15, -0.1) is 10.2 Å². The van der Waals surface area contributed by atoms with Crippen molar-refractivity contribution in [3.05, 3.63) is 47.5 Å². The van der Waals surface area contributed by atoms with Crippen LogP contribution in [0.1, 0.15) is 34.4 Å². The number of hydrogen-bond acceptors (Lipinski definition) is 7. The van der Waals surface area contributed by atoms with Crippen LogP contribution in [-0.2, 0) is 0 Å². The highest BCUT2D eigenvalue weighted by atomic mass is 32.2. The van der Waals surface area contributed by atoms with Crippen LogP contribution in [0.2, 0.25) is 0 Å². The highest BCUT2D eigenvalue weighted by Gasteiger charge is 2.22. The van der Waals surface area contributed by atoms with E-state index in [4.69, 9.17) is 4.52 Å². The number of aryl methyl sites for hydroxylation is 1. The summed E-state index contributed by atoms with van der Waals surface area (Å²) in [5, 5.41) is 20.7. The molecular formula is C16H18N6O2S. The number of aromatic nitrogens is 5. The number of benzene rings is 1. The average molecular weight is 358 g/mol. The lowest BCUT2D eigenvalue weighted by atomic mass is 10.1. The highest BCUT2D eigenvalue weighted by Crippen LogP contribution is 2.21. The maximum absolute atomic E-state index is 12.5. The van der Waals surface area contributed by atoms with Crippen LogP contribution in [-0.4, -0.2) is 43.7 Å². The van der Waals surface area contributed by atoms with Crippen molar-refractivity contribution in [1.82, 2.24) is 31.1 Å². The molecule has 0 spiro atoms. The van der Waals surface area contributed by atoms with Gasteiger partial charge >= 0.3 is 0 Å². The van der Waals surface area contributed by atoms with Gasteiger partial charge in [-0.25, -0.2) is 0 Å². The molecule has 9 heteroatoms. The lowest BCUT2D eigenvalue weighted by Crippen LogP contribution is -2.29. The first-order valence-electron chi connectivity index (χ1n) is 7.74. The van der Waals surface area contributed by atoms with Crippen molar-refractivity contribution >= 4 is 17.7 Å². The van der Waals surface area contributed by atoms with Gasteiger partial charge in [0.2, 0.25) is 5.76 Å². The van der Waals surface area contributed by atoms with Gasteiger partial charge in [0, 0.05) is 11.6 Å². The van der Waals surface area contributed by atoms with E-state index in [1.807, 2.05) is 37.4 Å².